The molecule has 2 heterocycles. The molecule has 2 unspecified atom stereocenters. The Bertz CT molecular complexity index is 1250. The van der Waals surface area contributed by atoms with Crippen LogP contribution in [0.5, 0.6) is 0 Å². The fourth-order valence-electron chi connectivity index (χ4n) is 4.86. The fraction of sp³-hybridized carbons (Fsp3) is 0.542. The van der Waals surface area contributed by atoms with Crippen LogP contribution in [0.25, 0.3) is 11.2 Å². The molecule has 36 heavy (non-hydrogen) atoms. The summed E-state index contributed by atoms with van der Waals surface area (Å²) in [6.07, 6.45) is 0.137. The molecule has 2 fully saturated rings. The number of rotatable bonds is 9. The molecule has 2 aliphatic carbocycles. The lowest BCUT2D eigenvalue weighted by Crippen LogP contribution is -2.30. The van der Waals surface area contributed by atoms with Gasteiger partial charge in [0.05, 0.1) is 12.1 Å². The monoisotopic (exact) mass is 513 g/mol. The number of fused-ring (bicyclic) bond motifs is 1. The average molecular weight is 514 g/mol. The Morgan fingerprint density at radius 2 is 2.06 bits per heavy atom. The Morgan fingerprint density at radius 1 is 1.22 bits per heavy atom. The molecule has 12 heteroatoms. The number of aromatic nitrogens is 5. The van der Waals surface area contributed by atoms with Crippen LogP contribution in [0, 0.1) is 5.92 Å². The largest absolute Gasteiger partial charge is 0.396 e. The lowest BCUT2D eigenvalue weighted by atomic mass is 10.1. The molecule has 0 spiro atoms. The summed E-state index contributed by atoms with van der Waals surface area (Å²) < 4.78 is 1.56. The van der Waals surface area contributed by atoms with Gasteiger partial charge in [0.25, 0.3) is 0 Å². The van der Waals surface area contributed by atoms with Crippen molar-refractivity contribution in [2.45, 2.75) is 68.5 Å². The maximum atomic E-state index is 11.4. The number of thioether (sulfide) groups is 1. The summed E-state index contributed by atoms with van der Waals surface area (Å²) in [4.78, 5) is 20.8. The van der Waals surface area contributed by atoms with Crippen LogP contribution in [0.1, 0.15) is 50.6 Å². The van der Waals surface area contributed by atoms with Gasteiger partial charge in [0.15, 0.2) is 22.1 Å². The summed E-state index contributed by atoms with van der Waals surface area (Å²) >= 11 is 1.54. The predicted molar refractivity (Wildman–Crippen MR) is 136 cm³/mol. The van der Waals surface area contributed by atoms with Crippen LogP contribution in [-0.2, 0) is 4.79 Å². The first-order valence-electron chi connectivity index (χ1n) is 12.3. The van der Waals surface area contributed by atoms with Crippen LogP contribution >= 0.6 is 11.8 Å². The molecule has 0 saturated heterocycles. The van der Waals surface area contributed by atoms with Gasteiger partial charge in [-0.25, -0.2) is 14.6 Å². The molecule has 5 N–H and O–H groups in total. The second-order valence-electron chi connectivity index (χ2n) is 9.54. The minimum atomic E-state index is -1.08. The van der Waals surface area contributed by atoms with E-state index >= 15 is 0 Å². The van der Waals surface area contributed by atoms with Crippen LogP contribution in [0.2, 0.25) is 0 Å². The lowest BCUT2D eigenvalue weighted by Gasteiger charge is -2.17. The van der Waals surface area contributed by atoms with Gasteiger partial charge in [-0.05, 0) is 37.0 Å². The van der Waals surface area contributed by atoms with E-state index in [0.717, 1.165) is 29.8 Å². The number of benzene rings is 1. The molecule has 1 aromatic carbocycles. The first-order valence-corrected chi connectivity index (χ1v) is 13.2. The highest BCUT2D eigenvalue weighted by Crippen LogP contribution is 2.44. The van der Waals surface area contributed by atoms with E-state index in [0.29, 0.717) is 28.6 Å². The van der Waals surface area contributed by atoms with Crippen LogP contribution in [0.4, 0.5) is 11.5 Å². The topological polar surface area (TPSA) is 158 Å². The number of carbonyl (C=O) groups is 1. The van der Waals surface area contributed by atoms with Crippen LogP contribution in [0.15, 0.2) is 29.4 Å². The molecule has 2 aromatic heterocycles. The molecule has 0 radical (unpaired) electrons. The molecule has 0 bridgehead atoms. The summed E-state index contributed by atoms with van der Waals surface area (Å²) in [5, 5.41) is 46.1. The number of amides is 1. The quantitative estimate of drug-likeness (QED) is 0.211. The molecule has 192 valence electrons. The Morgan fingerprint density at radius 3 is 2.78 bits per heavy atom. The molecule has 3 aromatic rings. The highest BCUT2D eigenvalue weighted by molar-refractivity contribution is 7.99. The van der Waals surface area contributed by atoms with Gasteiger partial charge in [0, 0.05) is 42.8 Å². The van der Waals surface area contributed by atoms with E-state index in [9.17, 15) is 20.1 Å². The van der Waals surface area contributed by atoms with E-state index in [-0.39, 0.29) is 24.5 Å². The normalized spacial score (nSPS) is 27.4. The second-order valence-corrected chi connectivity index (χ2v) is 10.6. The van der Waals surface area contributed by atoms with Crippen molar-refractivity contribution < 1.29 is 20.1 Å². The molecular weight excluding hydrogens is 482 g/mol. The van der Waals surface area contributed by atoms with E-state index in [1.54, 1.807) is 4.68 Å². The molecule has 6 atom stereocenters. The average Bonchev–Trinajstić information content (AvgIpc) is 3.40. The van der Waals surface area contributed by atoms with Crippen LogP contribution < -0.4 is 10.6 Å². The molecule has 0 aliphatic heterocycles. The standard InChI is InChI=1S/C24H31N7O4S/c1-3-7-36-24-27-22(26-17-10-16(17)13-5-4-6-15(8-13)25-12(2)33)19-23(28-24)31(30-29-19)18-9-14(11-32)20(34)21(18)35/h4-6,8,14,16-18,20-21,32,34-35H,3,7,9-11H2,1-2H3,(H,25,33)(H,26,27,28)/t14-,16-,17+,18?,20-,21?/m1/s1. The summed E-state index contributed by atoms with van der Waals surface area (Å²) in [6, 6.07) is 7.45. The number of carbonyl (C=O) groups excluding carboxylic acids is 1. The maximum absolute atomic E-state index is 11.4. The molecule has 1 amide bonds. The van der Waals surface area contributed by atoms with Crippen molar-refractivity contribution in [2.75, 3.05) is 23.0 Å². The van der Waals surface area contributed by atoms with Crippen molar-refractivity contribution in [1.29, 1.82) is 0 Å². The Kier molecular flexibility index (Phi) is 7.11. The van der Waals surface area contributed by atoms with Gasteiger partial charge in [-0.2, -0.15) is 0 Å². The highest BCUT2D eigenvalue weighted by atomic mass is 32.2. The van der Waals surface area contributed by atoms with Gasteiger partial charge < -0.3 is 26.0 Å². The maximum Gasteiger partial charge on any atom is 0.221 e. The number of aliphatic hydroxyl groups excluding tert-OH is 3. The van der Waals surface area contributed by atoms with Gasteiger partial charge in [0.1, 0.15) is 6.10 Å². The number of aliphatic hydroxyl groups is 3. The Labute approximate surface area is 212 Å². The summed E-state index contributed by atoms with van der Waals surface area (Å²) in [5.41, 5.74) is 2.90. The third kappa shape index (κ3) is 4.90. The number of nitrogens with zero attached hydrogens (tertiary/aromatic N) is 5. The third-order valence-electron chi connectivity index (χ3n) is 6.81. The number of hydrogen-bond donors (Lipinski definition) is 5. The van der Waals surface area contributed by atoms with Crippen molar-refractivity contribution in [3.63, 3.8) is 0 Å². The van der Waals surface area contributed by atoms with E-state index in [1.807, 2.05) is 18.2 Å². The first-order chi connectivity index (χ1) is 17.4. The molecular formula is C24H31N7O4S. The lowest BCUT2D eigenvalue weighted by molar-refractivity contribution is -0.114. The van der Waals surface area contributed by atoms with Crippen LogP contribution in [0.3, 0.4) is 0 Å². The summed E-state index contributed by atoms with van der Waals surface area (Å²) in [6.45, 7) is 3.36. The Balaban J connectivity index is 1.42. The zero-order valence-electron chi connectivity index (χ0n) is 20.2. The van der Waals surface area contributed by atoms with Crippen molar-refractivity contribution in [3.05, 3.63) is 29.8 Å². The summed E-state index contributed by atoms with van der Waals surface area (Å²) in [7, 11) is 0. The predicted octanol–water partition coefficient (Wildman–Crippen LogP) is 1.92. The number of nitrogens with one attached hydrogen (secondary N) is 2. The fourth-order valence-corrected chi connectivity index (χ4v) is 5.56. The van der Waals surface area contributed by atoms with Gasteiger partial charge >= 0.3 is 0 Å². The third-order valence-corrected chi connectivity index (χ3v) is 7.86. The zero-order valence-corrected chi connectivity index (χ0v) is 21.0. The minimum absolute atomic E-state index is 0.105. The van der Waals surface area contributed by atoms with E-state index in [4.69, 9.17) is 4.98 Å². The van der Waals surface area contributed by atoms with E-state index in [2.05, 4.69) is 38.9 Å². The molecule has 11 nitrogen and oxygen atoms in total. The highest BCUT2D eigenvalue weighted by Gasteiger charge is 2.44. The molecule has 2 saturated carbocycles. The SMILES string of the molecule is CCCSc1nc(N[C@H]2C[C@@H]2c2cccc(NC(C)=O)c2)c2nnn(C3C[C@H](CO)[C@@H](O)C3O)c2n1. The first kappa shape index (κ1) is 24.9. The van der Waals surface area contributed by atoms with Gasteiger partial charge in [-0.15, -0.1) is 5.10 Å². The van der Waals surface area contributed by atoms with Crippen molar-refractivity contribution in [1.82, 2.24) is 25.0 Å². The van der Waals surface area contributed by atoms with E-state index < -0.39 is 24.2 Å². The second kappa shape index (κ2) is 10.3. The van der Waals surface area contributed by atoms with Crippen molar-refractivity contribution >= 4 is 40.3 Å². The zero-order chi connectivity index (χ0) is 25.4. The van der Waals surface area contributed by atoms with Crippen LogP contribution in [-0.4, -0.2) is 76.8 Å². The minimum Gasteiger partial charge on any atom is -0.396 e. The van der Waals surface area contributed by atoms with E-state index in [1.165, 1.54) is 18.7 Å². The van der Waals surface area contributed by atoms with Gasteiger partial charge in [-0.3, -0.25) is 4.79 Å². The van der Waals surface area contributed by atoms with Crippen molar-refractivity contribution in [2.24, 2.45) is 5.92 Å². The molecule has 2 aliphatic rings. The van der Waals surface area contributed by atoms with Crippen molar-refractivity contribution in [3.8, 4) is 0 Å². The summed E-state index contributed by atoms with van der Waals surface area (Å²) in [5.74, 6) is 1.17. The number of hydrogen-bond acceptors (Lipinski definition) is 10. The molecule has 5 rings (SSSR count). The Hall–Kier alpha value is -2.80. The van der Waals surface area contributed by atoms with Gasteiger partial charge in [0.2, 0.25) is 5.91 Å². The van der Waals surface area contributed by atoms with Gasteiger partial charge in [-0.1, -0.05) is 36.0 Å². The number of anilines is 2. The smallest absolute Gasteiger partial charge is 0.221 e.